The summed E-state index contributed by atoms with van der Waals surface area (Å²) >= 11 is 8.07. The number of anilines is 2. The van der Waals surface area contributed by atoms with Crippen LogP contribution in [0, 0.1) is 34.8 Å². The normalized spacial score (nSPS) is 24.9. The highest BCUT2D eigenvalue weighted by Crippen LogP contribution is 2.51. The van der Waals surface area contributed by atoms with Crippen LogP contribution in [-0.4, -0.2) is 71.2 Å². The Morgan fingerprint density at radius 2 is 2.10 bits per heavy atom. The molecule has 2 aromatic carbocycles. The monoisotopic (exact) mass is 735 g/mol. The van der Waals surface area contributed by atoms with Crippen LogP contribution in [0.5, 0.6) is 11.8 Å². The maximum absolute atomic E-state index is 17.5. The highest BCUT2D eigenvalue weighted by molar-refractivity contribution is 7.23. The molecule has 4 aliphatic rings. The summed E-state index contributed by atoms with van der Waals surface area (Å²) in [5.74, 6) is -0.0219. The fourth-order valence-electron chi connectivity index (χ4n) is 8.97. The van der Waals surface area contributed by atoms with E-state index < -0.39 is 11.6 Å². The number of hydrogen-bond donors (Lipinski definition) is 2. The molecule has 3 saturated heterocycles. The van der Waals surface area contributed by atoms with E-state index in [2.05, 4.69) is 42.0 Å². The Kier molecular flexibility index (Phi) is 8.63. The Bertz CT molecular complexity index is 2120. The van der Waals surface area contributed by atoms with E-state index in [4.69, 9.17) is 36.8 Å². The van der Waals surface area contributed by atoms with Crippen molar-refractivity contribution in [3.8, 4) is 29.0 Å². The zero-order valence-electron chi connectivity index (χ0n) is 28.8. The number of nitriles is 1. The number of amides is 1. The van der Waals surface area contributed by atoms with Crippen molar-refractivity contribution in [1.82, 2.24) is 20.2 Å². The highest BCUT2D eigenvalue weighted by atomic mass is 35.5. The Hall–Kier alpha value is -3.99. The zero-order chi connectivity index (χ0) is 35.8. The lowest BCUT2D eigenvalue weighted by Crippen LogP contribution is -2.44. The number of ether oxygens (including phenoxy) is 2. The molecule has 1 amide bonds. The van der Waals surface area contributed by atoms with Gasteiger partial charge in [0.25, 0.3) is 0 Å². The molecule has 51 heavy (non-hydrogen) atoms. The summed E-state index contributed by atoms with van der Waals surface area (Å²) in [5.41, 5.74) is 6.09. The average Bonchev–Trinajstić information content (AvgIpc) is 3.69. The summed E-state index contributed by atoms with van der Waals surface area (Å²) in [6, 6.07) is 4.24. The third-order valence-electron chi connectivity index (χ3n) is 11.0. The summed E-state index contributed by atoms with van der Waals surface area (Å²) in [4.78, 5) is 27.4. The number of aromatic nitrogens is 2. The molecule has 0 bridgehead atoms. The summed E-state index contributed by atoms with van der Waals surface area (Å²) in [7, 11) is 0. The number of carbonyl (C=O) groups is 1. The van der Waals surface area contributed by atoms with Gasteiger partial charge in [0, 0.05) is 49.0 Å². The van der Waals surface area contributed by atoms with Gasteiger partial charge in [-0.05, 0) is 55.7 Å². The molecule has 2 aromatic heterocycles. The number of halogens is 3. The number of nitrogens with two attached hydrogens (primary N) is 1. The van der Waals surface area contributed by atoms with Crippen LogP contribution >= 0.6 is 22.9 Å². The van der Waals surface area contributed by atoms with Gasteiger partial charge in [0.15, 0.2) is 11.6 Å². The predicted octanol–water partition coefficient (Wildman–Crippen LogP) is 7.04. The van der Waals surface area contributed by atoms with Crippen molar-refractivity contribution in [3.63, 3.8) is 0 Å². The van der Waals surface area contributed by atoms with Gasteiger partial charge in [-0.25, -0.2) is 8.78 Å². The molecule has 3 fully saturated rings. The lowest BCUT2D eigenvalue weighted by Gasteiger charge is -2.36. The minimum Gasteiger partial charge on any atom is -0.491 e. The Morgan fingerprint density at radius 1 is 1.27 bits per heavy atom. The number of nitrogen functional groups attached to an aromatic ring is 1. The van der Waals surface area contributed by atoms with Crippen LogP contribution in [0.2, 0.25) is 5.02 Å². The summed E-state index contributed by atoms with van der Waals surface area (Å²) in [5, 5.41) is 13.7. The van der Waals surface area contributed by atoms with Gasteiger partial charge < -0.3 is 25.4 Å². The lowest BCUT2D eigenvalue weighted by atomic mass is 9.92. The Balaban J connectivity index is 1.36. The van der Waals surface area contributed by atoms with Crippen LogP contribution in [0.1, 0.15) is 64.9 Å². The lowest BCUT2D eigenvalue weighted by molar-refractivity contribution is -0.121. The van der Waals surface area contributed by atoms with E-state index in [0.29, 0.717) is 37.2 Å². The van der Waals surface area contributed by atoms with Crippen LogP contribution in [0.15, 0.2) is 12.1 Å². The third kappa shape index (κ3) is 5.70. The summed E-state index contributed by atoms with van der Waals surface area (Å²) < 4.78 is 45.5. The maximum atomic E-state index is 17.5. The van der Waals surface area contributed by atoms with Gasteiger partial charge >= 0.3 is 6.01 Å². The first kappa shape index (κ1) is 34.1. The van der Waals surface area contributed by atoms with Gasteiger partial charge in [-0.1, -0.05) is 38.4 Å². The van der Waals surface area contributed by atoms with E-state index in [-0.39, 0.29) is 96.0 Å². The molecule has 0 aliphatic carbocycles. The molecule has 8 rings (SSSR count). The number of nitrogens with one attached hydrogen (secondary N) is 1. The average molecular weight is 736 g/mol. The van der Waals surface area contributed by atoms with Crippen molar-refractivity contribution in [2.75, 3.05) is 43.5 Å². The van der Waals surface area contributed by atoms with E-state index in [9.17, 15) is 10.1 Å². The fraction of sp³-hybridized carbons (Fsp3) is 0.514. The number of hydrogen-bond acceptors (Lipinski definition) is 10. The maximum Gasteiger partial charge on any atom is 0.319 e. The number of fused-ring (bicyclic) bond motifs is 4. The predicted molar refractivity (Wildman–Crippen MR) is 194 cm³/mol. The number of benzene rings is 2. The molecule has 10 nitrogen and oxygen atoms in total. The van der Waals surface area contributed by atoms with Crippen molar-refractivity contribution in [2.24, 2.45) is 11.8 Å². The molecule has 0 spiro atoms. The summed E-state index contributed by atoms with van der Waals surface area (Å²) in [6.45, 7) is 9.45. The van der Waals surface area contributed by atoms with E-state index in [1.165, 1.54) is 12.1 Å². The second-order valence-electron chi connectivity index (χ2n) is 15.1. The Labute approximate surface area is 303 Å². The molecule has 4 aliphatic heterocycles. The zero-order valence-corrected chi connectivity index (χ0v) is 30.4. The van der Waals surface area contributed by atoms with E-state index >= 15 is 8.78 Å². The fourth-order valence-corrected chi connectivity index (χ4v) is 10.3. The highest BCUT2D eigenvalue weighted by Gasteiger charge is 2.48. The molecule has 268 valence electrons. The van der Waals surface area contributed by atoms with E-state index in [1.54, 1.807) is 0 Å². The second-order valence-corrected chi connectivity index (χ2v) is 16.5. The van der Waals surface area contributed by atoms with Gasteiger partial charge in [-0.3, -0.25) is 9.69 Å². The SMILES string of the molecule is CC(C)CC1CN2c3nc(OC[C@@]45CCCN4C[C@H](C)C5)nc4c(F)c(-c5ccc(F)c6sc(N)c(C#N)c56)c(Cl)c(c34)OCCC2CC(=O)N1. The van der Waals surface area contributed by atoms with E-state index in [0.717, 1.165) is 50.1 Å². The van der Waals surface area contributed by atoms with Crippen molar-refractivity contribution < 1.29 is 23.0 Å². The number of nitrogens with zero attached hydrogens (tertiary/aromatic N) is 5. The topological polar surface area (TPSA) is 130 Å². The van der Waals surface area contributed by atoms with Gasteiger partial charge in [0.2, 0.25) is 5.91 Å². The Morgan fingerprint density at radius 3 is 2.88 bits per heavy atom. The molecule has 0 saturated carbocycles. The largest absolute Gasteiger partial charge is 0.491 e. The number of thiophene rings is 1. The minimum atomic E-state index is -0.785. The molecule has 0 radical (unpaired) electrons. The van der Waals surface area contributed by atoms with Gasteiger partial charge in [0.1, 0.15) is 34.8 Å². The first-order chi connectivity index (χ1) is 24.5. The molecular weight excluding hydrogens is 696 g/mol. The second kappa shape index (κ2) is 12.9. The molecule has 6 heterocycles. The number of rotatable bonds is 6. The molecular formula is C37H40ClF2N7O3S. The van der Waals surface area contributed by atoms with Crippen LogP contribution in [-0.2, 0) is 4.79 Å². The number of carbonyl (C=O) groups excluding carboxylic acids is 1. The van der Waals surface area contributed by atoms with Gasteiger partial charge in [0.05, 0.1) is 32.8 Å². The quantitative estimate of drug-likeness (QED) is 0.214. The van der Waals surface area contributed by atoms with Crippen molar-refractivity contribution in [3.05, 3.63) is 34.4 Å². The summed E-state index contributed by atoms with van der Waals surface area (Å²) in [6.07, 6.45) is 4.49. The molecule has 14 heteroatoms. The smallest absolute Gasteiger partial charge is 0.319 e. The van der Waals surface area contributed by atoms with Gasteiger partial charge in [-0.15, -0.1) is 11.3 Å². The molecule has 3 N–H and O–H groups in total. The van der Waals surface area contributed by atoms with Crippen LogP contribution in [0.3, 0.4) is 0 Å². The molecule has 2 unspecified atom stereocenters. The first-order valence-electron chi connectivity index (χ1n) is 17.7. The van der Waals surface area contributed by atoms with E-state index in [1.807, 2.05) is 0 Å². The molecule has 4 atom stereocenters. The molecule has 4 aromatic rings. The van der Waals surface area contributed by atoms with Crippen LogP contribution < -0.4 is 25.4 Å². The third-order valence-corrected chi connectivity index (χ3v) is 12.4. The van der Waals surface area contributed by atoms with Crippen molar-refractivity contribution >= 4 is 60.7 Å². The standard InChI is InChI=1S/C37H40ClF2N7O3S/c1-18(2)11-20-16-47-21(12-25(48)43-20)7-10-49-32-28-31(44-36(45-35(28)47)50-17-37-8-4-9-46(37)15-19(3)13-37)30(40)27(29(32)38)22-5-6-24(39)33-26(22)23(14-41)34(42)51-33/h5-6,18-21H,4,7-13,15-17,42H2,1-3H3,(H,43,48)/t19-,20?,21?,37+/m1/s1. The minimum absolute atomic E-state index is 0.0152. The van der Waals surface area contributed by atoms with Crippen molar-refractivity contribution in [1.29, 1.82) is 5.26 Å². The van der Waals surface area contributed by atoms with Crippen molar-refractivity contribution in [2.45, 2.75) is 76.9 Å². The van der Waals surface area contributed by atoms with Crippen LogP contribution in [0.4, 0.5) is 19.6 Å². The van der Waals surface area contributed by atoms with Gasteiger partial charge in [-0.2, -0.15) is 15.2 Å². The first-order valence-corrected chi connectivity index (χ1v) is 18.9. The van der Waals surface area contributed by atoms with Crippen LogP contribution in [0.25, 0.3) is 32.1 Å².